The Morgan fingerprint density at radius 1 is 1.17 bits per heavy atom. The molecule has 1 amide bonds. The van der Waals surface area contributed by atoms with Crippen LogP contribution < -0.4 is 10.2 Å². The van der Waals surface area contributed by atoms with Gasteiger partial charge in [-0.3, -0.25) is 9.69 Å². The van der Waals surface area contributed by atoms with Gasteiger partial charge in [-0.2, -0.15) is 0 Å². The molecule has 3 rings (SSSR count). The molecule has 1 atom stereocenters. The van der Waals surface area contributed by atoms with Crippen LogP contribution in [0.2, 0.25) is 5.02 Å². The number of amides is 1. The summed E-state index contributed by atoms with van der Waals surface area (Å²) in [5.74, 6) is 0.166. The highest BCUT2D eigenvalue weighted by Gasteiger charge is 2.42. The summed E-state index contributed by atoms with van der Waals surface area (Å²) in [6.45, 7) is 3.01. The highest BCUT2D eigenvalue weighted by atomic mass is 35.5. The predicted molar refractivity (Wildman–Crippen MR) is 100 cm³/mol. The van der Waals surface area contributed by atoms with E-state index in [0.29, 0.717) is 5.02 Å². The van der Waals surface area contributed by atoms with Crippen molar-refractivity contribution in [3.05, 3.63) is 59.1 Å². The van der Waals surface area contributed by atoms with Crippen LogP contribution >= 0.6 is 11.6 Å². The maximum atomic E-state index is 13.4. The molecule has 2 aromatic carbocycles. The highest BCUT2D eigenvalue weighted by molar-refractivity contribution is 6.30. The fourth-order valence-corrected chi connectivity index (χ4v) is 3.58. The molecule has 1 aliphatic rings. The number of hydrogen-bond acceptors (Lipinski definition) is 2. The average Bonchev–Trinajstić information content (AvgIpc) is 2.58. The number of rotatable bonds is 5. The lowest BCUT2D eigenvalue weighted by molar-refractivity contribution is -0.127. The van der Waals surface area contributed by atoms with E-state index in [0.717, 1.165) is 37.2 Å². The number of carbonyl (C=O) groups is 1. The summed E-state index contributed by atoms with van der Waals surface area (Å²) < 4.78 is 0. The Hall–Kier alpha value is -1.84. The first-order chi connectivity index (χ1) is 11.5. The van der Waals surface area contributed by atoms with E-state index in [1.807, 2.05) is 54.4 Å². The number of benzene rings is 2. The van der Waals surface area contributed by atoms with Crippen molar-refractivity contribution in [2.75, 3.05) is 18.5 Å². The largest absolute Gasteiger partial charge is 0.320 e. The first kappa shape index (κ1) is 17.0. The SMILES string of the molecule is CNCCCC1(C)Cc2ccccc2N(c2ccc(Cl)cc2)C1=O. The summed E-state index contributed by atoms with van der Waals surface area (Å²) in [5.41, 5.74) is 2.69. The minimum atomic E-state index is -0.384. The van der Waals surface area contributed by atoms with Gasteiger partial charge in [0.2, 0.25) is 5.91 Å². The van der Waals surface area contributed by atoms with Gasteiger partial charge in [0.15, 0.2) is 0 Å². The molecule has 3 nitrogen and oxygen atoms in total. The Morgan fingerprint density at radius 2 is 1.88 bits per heavy atom. The molecule has 1 unspecified atom stereocenters. The number of anilines is 2. The molecule has 1 N–H and O–H groups in total. The average molecular weight is 343 g/mol. The number of halogens is 1. The molecule has 126 valence electrons. The van der Waals surface area contributed by atoms with Crippen molar-refractivity contribution in [1.29, 1.82) is 0 Å². The van der Waals surface area contributed by atoms with Crippen molar-refractivity contribution in [2.24, 2.45) is 5.41 Å². The van der Waals surface area contributed by atoms with Crippen LogP contribution in [0.1, 0.15) is 25.3 Å². The summed E-state index contributed by atoms with van der Waals surface area (Å²) in [6, 6.07) is 15.7. The van der Waals surface area contributed by atoms with E-state index in [1.165, 1.54) is 5.56 Å². The third kappa shape index (κ3) is 3.19. The van der Waals surface area contributed by atoms with Crippen LogP contribution in [0.4, 0.5) is 11.4 Å². The number of hydrogen-bond donors (Lipinski definition) is 1. The second kappa shape index (κ2) is 6.96. The molecule has 0 aromatic heterocycles. The van der Waals surface area contributed by atoms with Crippen LogP contribution in [0.25, 0.3) is 0 Å². The van der Waals surface area contributed by atoms with E-state index < -0.39 is 0 Å². The molecule has 1 heterocycles. The number of nitrogens with zero attached hydrogens (tertiary/aromatic N) is 1. The van der Waals surface area contributed by atoms with Gasteiger partial charge in [-0.05, 0) is 68.8 Å². The van der Waals surface area contributed by atoms with Crippen LogP contribution in [0.15, 0.2) is 48.5 Å². The third-order valence-electron chi connectivity index (χ3n) is 4.77. The molecule has 4 heteroatoms. The zero-order valence-corrected chi connectivity index (χ0v) is 14.9. The van der Waals surface area contributed by atoms with Crippen molar-refractivity contribution in [3.63, 3.8) is 0 Å². The lowest BCUT2D eigenvalue weighted by Crippen LogP contribution is -2.45. The van der Waals surface area contributed by atoms with Crippen LogP contribution in [0.3, 0.4) is 0 Å². The Balaban J connectivity index is 2.02. The summed E-state index contributed by atoms with van der Waals surface area (Å²) in [4.78, 5) is 15.2. The van der Waals surface area contributed by atoms with Crippen molar-refractivity contribution in [3.8, 4) is 0 Å². The molecule has 0 bridgehead atoms. The van der Waals surface area contributed by atoms with Gasteiger partial charge >= 0.3 is 0 Å². The van der Waals surface area contributed by atoms with Crippen molar-refractivity contribution >= 4 is 28.9 Å². The molecular formula is C20H23ClN2O. The molecule has 1 aliphatic heterocycles. The first-order valence-electron chi connectivity index (χ1n) is 8.38. The fraction of sp³-hybridized carbons (Fsp3) is 0.350. The maximum absolute atomic E-state index is 13.4. The van der Waals surface area contributed by atoms with Crippen LogP contribution in [-0.4, -0.2) is 19.5 Å². The molecule has 0 saturated carbocycles. The standard InChI is InChI=1S/C20H23ClN2O/c1-20(12-5-13-22-2)14-15-6-3-4-7-18(15)23(19(20)24)17-10-8-16(21)9-11-17/h3-4,6-11,22H,5,12-14H2,1-2H3. The minimum Gasteiger partial charge on any atom is -0.320 e. The van der Waals surface area contributed by atoms with Gasteiger partial charge in [0.1, 0.15) is 0 Å². The fourth-order valence-electron chi connectivity index (χ4n) is 3.45. The Bertz CT molecular complexity index is 729. The highest BCUT2D eigenvalue weighted by Crippen LogP contribution is 2.43. The van der Waals surface area contributed by atoms with Gasteiger partial charge in [0, 0.05) is 10.7 Å². The van der Waals surface area contributed by atoms with Gasteiger partial charge in [-0.25, -0.2) is 0 Å². The van der Waals surface area contributed by atoms with Crippen molar-refractivity contribution < 1.29 is 4.79 Å². The summed E-state index contributed by atoms with van der Waals surface area (Å²) in [7, 11) is 1.94. The second-order valence-electron chi connectivity index (χ2n) is 6.69. The molecule has 0 aliphatic carbocycles. The molecule has 0 radical (unpaired) electrons. The molecule has 0 fully saturated rings. The van der Waals surface area contributed by atoms with Gasteiger partial charge < -0.3 is 5.32 Å². The summed E-state index contributed by atoms with van der Waals surface area (Å²) in [6.07, 6.45) is 2.64. The van der Waals surface area contributed by atoms with Gasteiger partial charge in [0.25, 0.3) is 0 Å². The van der Waals surface area contributed by atoms with Crippen LogP contribution in [-0.2, 0) is 11.2 Å². The Labute approximate surface area is 148 Å². The Kier molecular flexibility index (Phi) is 4.93. The van der Waals surface area contributed by atoms with E-state index in [1.54, 1.807) is 0 Å². The maximum Gasteiger partial charge on any atom is 0.237 e. The van der Waals surface area contributed by atoms with Crippen LogP contribution in [0.5, 0.6) is 0 Å². The van der Waals surface area contributed by atoms with E-state index >= 15 is 0 Å². The zero-order chi connectivity index (χ0) is 17.2. The molecule has 24 heavy (non-hydrogen) atoms. The number of nitrogens with one attached hydrogen (secondary N) is 1. The second-order valence-corrected chi connectivity index (χ2v) is 7.13. The van der Waals surface area contributed by atoms with Crippen molar-refractivity contribution in [1.82, 2.24) is 5.32 Å². The topological polar surface area (TPSA) is 32.3 Å². The number of fused-ring (bicyclic) bond motifs is 1. The van der Waals surface area contributed by atoms with Crippen LogP contribution in [0, 0.1) is 5.41 Å². The molecule has 0 spiro atoms. The van der Waals surface area contributed by atoms with E-state index in [-0.39, 0.29) is 11.3 Å². The van der Waals surface area contributed by atoms with E-state index in [4.69, 9.17) is 11.6 Å². The van der Waals surface area contributed by atoms with Gasteiger partial charge in [-0.1, -0.05) is 36.7 Å². The third-order valence-corrected chi connectivity index (χ3v) is 5.02. The zero-order valence-electron chi connectivity index (χ0n) is 14.2. The lowest BCUT2D eigenvalue weighted by atomic mass is 9.75. The monoisotopic (exact) mass is 342 g/mol. The molecule has 2 aromatic rings. The van der Waals surface area contributed by atoms with Crippen molar-refractivity contribution in [2.45, 2.75) is 26.2 Å². The lowest BCUT2D eigenvalue weighted by Gasteiger charge is -2.40. The number of para-hydroxylation sites is 1. The van der Waals surface area contributed by atoms with E-state index in [2.05, 4.69) is 18.3 Å². The first-order valence-corrected chi connectivity index (χ1v) is 8.75. The van der Waals surface area contributed by atoms with Gasteiger partial charge in [-0.15, -0.1) is 0 Å². The van der Waals surface area contributed by atoms with Gasteiger partial charge in [0.05, 0.1) is 11.1 Å². The molecule has 0 saturated heterocycles. The normalized spacial score (nSPS) is 20.1. The Morgan fingerprint density at radius 3 is 2.58 bits per heavy atom. The molecular weight excluding hydrogens is 320 g/mol. The summed E-state index contributed by atoms with van der Waals surface area (Å²) >= 11 is 6.02. The predicted octanol–water partition coefficient (Wildman–Crippen LogP) is 4.57. The number of carbonyl (C=O) groups excluding carboxylic acids is 1. The minimum absolute atomic E-state index is 0.166. The van der Waals surface area contributed by atoms with E-state index in [9.17, 15) is 4.79 Å². The smallest absolute Gasteiger partial charge is 0.237 e. The quantitative estimate of drug-likeness (QED) is 0.807. The summed E-state index contributed by atoms with van der Waals surface area (Å²) in [5, 5.41) is 3.84.